The summed E-state index contributed by atoms with van der Waals surface area (Å²) in [6.07, 6.45) is 4.58. The average Bonchev–Trinajstić information content (AvgIpc) is 2.79. The first-order valence-electron chi connectivity index (χ1n) is 7.98. The molecule has 1 N–H and O–H groups in total. The van der Waals surface area contributed by atoms with Gasteiger partial charge in [-0.1, -0.05) is 18.6 Å². The van der Waals surface area contributed by atoms with Crippen molar-refractivity contribution in [1.82, 2.24) is 5.32 Å². The van der Waals surface area contributed by atoms with Crippen molar-refractivity contribution in [3.8, 4) is 11.5 Å². The van der Waals surface area contributed by atoms with Crippen LogP contribution in [0.5, 0.6) is 11.5 Å². The van der Waals surface area contributed by atoms with Crippen LogP contribution in [0.15, 0.2) is 17.7 Å². The fourth-order valence-corrected chi connectivity index (χ4v) is 2.63. The van der Waals surface area contributed by atoms with E-state index in [2.05, 4.69) is 44.3 Å². The molecule has 0 bridgehead atoms. The molecule has 0 radical (unpaired) electrons. The number of hydrogen-bond acceptors (Lipinski definition) is 3. The molecule has 0 saturated heterocycles. The van der Waals surface area contributed by atoms with Crippen LogP contribution in [0, 0.1) is 0 Å². The van der Waals surface area contributed by atoms with Crippen molar-refractivity contribution in [3.05, 3.63) is 28.8 Å². The van der Waals surface area contributed by atoms with Crippen molar-refractivity contribution in [3.63, 3.8) is 0 Å². The zero-order chi connectivity index (χ0) is 15.2. The lowest BCUT2D eigenvalue weighted by Gasteiger charge is -2.11. The fourth-order valence-electron chi connectivity index (χ4n) is 2.63. The van der Waals surface area contributed by atoms with Crippen LogP contribution in [0.1, 0.15) is 45.2 Å². The first-order valence-corrected chi connectivity index (χ1v) is 7.98. The van der Waals surface area contributed by atoms with Crippen molar-refractivity contribution in [2.45, 2.75) is 46.6 Å². The summed E-state index contributed by atoms with van der Waals surface area (Å²) in [7, 11) is 0. The van der Waals surface area contributed by atoms with Crippen LogP contribution in [-0.2, 0) is 6.42 Å². The highest BCUT2D eigenvalue weighted by molar-refractivity contribution is 5.64. The van der Waals surface area contributed by atoms with Gasteiger partial charge in [-0.05, 0) is 45.9 Å². The molecule has 1 atom stereocenters. The van der Waals surface area contributed by atoms with Crippen LogP contribution in [0.4, 0.5) is 0 Å². The second-order valence-corrected chi connectivity index (χ2v) is 5.73. The van der Waals surface area contributed by atoms with E-state index < -0.39 is 0 Å². The van der Waals surface area contributed by atoms with Crippen LogP contribution in [0.25, 0.3) is 6.08 Å². The maximum absolute atomic E-state index is 5.86. The van der Waals surface area contributed by atoms with Crippen LogP contribution in [0.3, 0.4) is 0 Å². The largest absolute Gasteiger partial charge is 0.493 e. The molecule has 0 spiro atoms. The van der Waals surface area contributed by atoms with E-state index in [4.69, 9.17) is 9.47 Å². The van der Waals surface area contributed by atoms with Gasteiger partial charge in [-0.25, -0.2) is 0 Å². The SMILES string of the molecule is CCCNCC(C)=Cc1cc2c(cc1OCC)CC(C)O2. The molecule has 1 aromatic rings. The first-order chi connectivity index (χ1) is 10.1. The summed E-state index contributed by atoms with van der Waals surface area (Å²) in [5, 5.41) is 3.43. The van der Waals surface area contributed by atoms with Crippen molar-refractivity contribution in [1.29, 1.82) is 0 Å². The zero-order valence-electron chi connectivity index (χ0n) is 13.7. The Morgan fingerprint density at radius 3 is 2.95 bits per heavy atom. The van der Waals surface area contributed by atoms with E-state index in [1.54, 1.807) is 0 Å². The van der Waals surface area contributed by atoms with Gasteiger partial charge in [-0.15, -0.1) is 0 Å². The Kier molecular flexibility index (Phi) is 5.68. The topological polar surface area (TPSA) is 30.5 Å². The minimum Gasteiger partial charge on any atom is -0.493 e. The molecular formula is C18H27NO2. The Morgan fingerprint density at radius 1 is 1.43 bits per heavy atom. The lowest BCUT2D eigenvalue weighted by Crippen LogP contribution is -2.16. The molecule has 116 valence electrons. The van der Waals surface area contributed by atoms with E-state index in [1.165, 1.54) is 11.1 Å². The minimum atomic E-state index is 0.265. The molecule has 1 aliphatic heterocycles. The molecule has 0 saturated carbocycles. The number of benzene rings is 1. The standard InChI is InChI=1S/C18H27NO2/c1-5-7-19-12-13(3)8-15-11-18-16(9-14(4)21-18)10-17(15)20-6-2/h8,10-11,14,19H,5-7,9,12H2,1-4H3. The molecule has 1 aromatic carbocycles. The van der Waals surface area contributed by atoms with Gasteiger partial charge in [0, 0.05) is 24.1 Å². The third kappa shape index (κ3) is 4.24. The Bertz CT molecular complexity index is 508. The third-order valence-electron chi connectivity index (χ3n) is 3.56. The lowest BCUT2D eigenvalue weighted by atomic mass is 10.0. The Hall–Kier alpha value is -1.48. The van der Waals surface area contributed by atoms with Gasteiger partial charge in [0.1, 0.15) is 17.6 Å². The average molecular weight is 289 g/mol. The summed E-state index contributed by atoms with van der Waals surface area (Å²) in [5.41, 5.74) is 3.67. The number of fused-ring (bicyclic) bond motifs is 1. The molecule has 0 aliphatic carbocycles. The predicted octanol–water partition coefficient (Wildman–Crippen LogP) is 3.81. The quantitative estimate of drug-likeness (QED) is 0.774. The van der Waals surface area contributed by atoms with Crippen LogP contribution < -0.4 is 14.8 Å². The van der Waals surface area contributed by atoms with Crippen LogP contribution in [0.2, 0.25) is 0 Å². The van der Waals surface area contributed by atoms with Crippen molar-refractivity contribution >= 4 is 6.08 Å². The van der Waals surface area contributed by atoms with Gasteiger partial charge >= 0.3 is 0 Å². The van der Waals surface area contributed by atoms with E-state index in [-0.39, 0.29) is 6.10 Å². The summed E-state index contributed by atoms with van der Waals surface area (Å²) < 4.78 is 11.7. The van der Waals surface area contributed by atoms with Gasteiger partial charge in [-0.2, -0.15) is 0 Å². The zero-order valence-corrected chi connectivity index (χ0v) is 13.7. The molecule has 1 unspecified atom stereocenters. The Balaban J connectivity index is 2.21. The molecule has 1 aliphatic rings. The van der Waals surface area contributed by atoms with Crippen molar-refractivity contribution < 1.29 is 9.47 Å². The maximum Gasteiger partial charge on any atom is 0.127 e. The molecule has 3 nitrogen and oxygen atoms in total. The van der Waals surface area contributed by atoms with Gasteiger partial charge in [0.2, 0.25) is 0 Å². The highest BCUT2D eigenvalue weighted by Gasteiger charge is 2.21. The first kappa shape index (κ1) is 15.9. The second-order valence-electron chi connectivity index (χ2n) is 5.73. The van der Waals surface area contributed by atoms with Crippen molar-refractivity contribution in [2.24, 2.45) is 0 Å². The fraction of sp³-hybridized carbons (Fsp3) is 0.556. The van der Waals surface area contributed by atoms with E-state index >= 15 is 0 Å². The molecular weight excluding hydrogens is 262 g/mol. The van der Waals surface area contributed by atoms with Crippen LogP contribution in [-0.4, -0.2) is 25.8 Å². The predicted molar refractivity (Wildman–Crippen MR) is 88.2 cm³/mol. The normalized spacial score (nSPS) is 17.5. The Labute approximate surface area is 128 Å². The number of nitrogens with one attached hydrogen (secondary N) is 1. The van der Waals surface area contributed by atoms with Gasteiger partial charge in [-0.3, -0.25) is 0 Å². The van der Waals surface area contributed by atoms with Crippen molar-refractivity contribution in [2.75, 3.05) is 19.7 Å². The molecule has 21 heavy (non-hydrogen) atoms. The Morgan fingerprint density at radius 2 is 2.24 bits per heavy atom. The minimum absolute atomic E-state index is 0.265. The number of ether oxygens (including phenoxy) is 2. The second kappa shape index (κ2) is 7.51. The molecule has 2 rings (SSSR count). The molecule has 1 heterocycles. The summed E-state index contributed by atoms with van der Waals surface area (Å²) in [4.78, 5) is 0. The highest BCUT2D eigenvalue weighted by Crippen LogP contribution is 2.36. The summed E-state index contributed by atoms with van der Waals surface area (Å²) >= 11 is 0. The van der Waals surface area contributed by atoms with Gasteiger partial charge in [0.25, 0.3) is 0 Å². The highest BCUT2D eigenvalue weighted by atomic mass is 16.5. The lowest BCUT2D eigenvalue weighted by molar-refractivity contribution is 0.254. The maximum atomic E-state index is 5.86. The van der Waals surface area contributed by atoms with E-state index in [9.17, 15) is 0 Å². The van der Waals surface area contributed by atoms with Gasteiger partial charge in [0.05, 0.1) is 6.61 Å². The smallest absolute Gasteiger partial charge is 0.127 e. The van der Waals surface area contributed by atoms with Gasteiger partial charge < -0.3 is 14.8 Å². The molecule has 0 aromatic heterocycles. The summed E-state index contributed by atoms with van der Waals surface area (Å²) in [6.45, 7) is 11.1. The molecule has 0 amide bonds. The summed E-state index contributed by atoms with van der Waals surface area (Å²) in [5.74, 6) is 1.97. The number of hydrogen-bond donors (Lipinski definition) is 1. The van der Waals surface area contributed by atoms with E-state index in [1.807, 2.05) is 6.92 Å². The monoisotopic (exact) mass is 289 g/mol. The third-order valence-corrected chi connectivity index (χ3v) is 3.56. The van der Waals surface area contributed by atoms with E-state index in [0.717, 1.165) is 43.0 Å². The molecule has 3 heteroatoms. The van der Waals surface area contributed by atoms with E-state index in [0.29, 0.717) is 6.61 Å². The van der Waals surface area contributed by atoms with Crippen LogP contribution >= 0.6 is 0 Å². The van der Waals surface area contributed by atoms with Gasteiger partial charge in [0.15, 0.2) is 0 Å². The molecule has 0 fully saturated rings. The summed E-state index contributed by atoms with van der Waals surface area (Å²) in [6, 6.07) is 4.26. The number of rotatable bonds is 7.